The van der Waals surface area contributed by atoms with Gasteiger partial charge in [0, 0.05) is 28.1 Å². The molecule has 3 heterocycles. The molecule has 1 amide bonds. The number of nitrogens with zero attached hydrogens (tertiary/aromatic N) is 3. The van der Waals surface area contributed by atoms with Gasteiger partial charge in [-0.05, 0) is 31.2 Å². The Morgan fingerprint density at radius 1 is 0.971 bits per heavy atom. The molecule has 7 nitrogen and oxygen atoms in total. The second-order valence-electron chi connectivity index (χ2n) is 8.12. The van der Waals surface area contributed by atoms with E-state index < -0.39 is 0 Å². The van der Waals surface area contributed by atoms with Crippen LogP contribution < -0.4 is 10.7 Å². The maximum atomic E-state index is 12.8. The lowest BCUT2D eigenvalue weighted by atomic mass is 10.1. The molecule has 6 rings (SSSR count). The van der Waals surface area contributed by atoms with Crippen LogP contribution in [0.15, 0.2) is 93.5 Å². The summed E-state index contributed by atoms with van der Waals surface area (Å²) in [4.78, 5) is 30.5. The Balaban J connectivity index is 1.24. The molecule has 3 aromatic carbocycles. The van der Waals surface area contributed by atoms with Gasteiger partial charge in [-0.3, -0.25) is 14.9 Å². The fourth-order valence-electron chi connectivity index (χ4n) is 3.91. The molecular formula is C27H18N4O3S. The Bertz CT molecular complexity index is 1770. The van der Waals surface area contributed by atoms with E-state index in [1.807, 2.05) is 54.8 Å². The van der Waals surface area contributed by atoms with Gasteiger partial charge in [-0.25, -0.2) is 4.52 Å². The lowest BCUT2D eigenvalue weighted by Gasteiger charge is -2.05. The van der Waals surface area contributed by atoms with Gasteiger partial charge >= 0.3 is 0 Å². The minimum Gasteiger partial charge on any atom is -0.456 e. The first kappa shape index (κ1) is 21.0. The summed E-state index contributed by atoms with van der Waals surface area (Å²) >= 11 is 1.46. The first-order valence-electron chi connectivity index (χ1n) is 10.9. The SMILES string of the molecule is Cc1ccc2oc(-c3ccc(C(=O)Nc4nc5scc(-c6ccccc6)n5n4)cc3)cc(=O)c2c1. The molecule has 0 saturated carbocycles. The number of hydrogen-bond acceptors (Lipinski definition) is 6. The molecule has 8 heteroatoms. The number of benzene rings is 3. The lowest BCUT2D eigenvalue weighted by molar-refractivity contribution is 0.102. The van der Waals surface area contributed by atoms with Crippen molar-refractivity contribution in [3.8, 4) is 22.6 Å². The van der Waals surface area contributed by atoms with Gasteiger partial charge in [-0.2, -0.15) is 4.98 Å². The van der Waals surface area contributed by atoms with E-state index in [2.05, 4.69) is 15.4 Å². The van der Waals surface area contributed by atoms with Crippen LogP contribution in [0.25, 0.3) is 38.5 Å². The van der Waals surface area contributed by atoms with Gasteiger partial charge in [0.25, 0.3) is 11.9 Å². The van der Waals surface area contributed by atoms with Gasteiger partial charge < -0.3 is 4.42 Å². The average molecular weight is 479 g/mol. The van der Waals surface area contributed by atoms with Gasteiger partial charge in [-0.15, -0.1) is 16.4 Å². The highest BCUT2D eigenvalue weighted by Crippen LogP contribution is 2.26. The third-order valence-corrected chi connectivity index (χ3v) is 6.51. The van der Waals surface area contributed by atoms with Crippen molar-refractivity contribution in [1.29, 1.82) is 0 Å². The number of amides is 1. The third kappa shape index (κ3) is 3.89. The van der Waals surface area contributed by atoms with Crippen molar-refractivity contribution in [3.63, 3.8) is 0 Å². The van der Waals surface area contributed by atoms with Crippen molar-refractivity contribution in [3.05, 3.63) is 106 Å². The molecule has 0 unspecified atom stereocenters. The van der Waals surface area contributed by atoms with E-state index in [4.69, 9.17) is 4.42 Å². The molecule has 0 spiro atoms. The minimum absolute atomic E-state index is 0.104. The summed E-state index contributed by atoms with van der Waals surface area (Å²) < 4.78 is 7.65. The van der Waals surface area contributed by atoms with Gasteiger partial charge in [0.1, 0.15) is 11.3 Å². The number of carbonyl (C=O) groups is 1. The molecule has 0 aliphatic rings. The maximum absolute atomic E-state index is 12.8. The number of anilines is 1. The minimum atomic E-state index is -0.327. The summed E-state index contributed by atoms with van der Waals surface area (Å²) in [6, 6.07) is 23.7. The second-order valence-corrected chi connectivity index (χ2v) is 8.96. The second kappa shape index (κ2) is 8.34. The number of aromatic nitrogens is 3. The van der Waals surface area contributed by atoms with Crippen molar-refractivity contribution < 1.29 is 9.21 Å². The molecular weight excluding hydrogens is 460 g/mol. The van der Waals surface area contributed by atoms with E-state index >= 15 is 0 Å². The van der Waals surface area contributed by atoms with E-state index in [1.54, 1.807) is 34.8 Å². The van der Waals surface area contributed by atoms with Crippen molar-refractivity contribution >= 4 is 39.1 Å². The van der Waals surface area contributed by atoms with Crippen LogP contribution in [0.2, 0.25) is 0 Å². The normalized spacial score (nSPS) is 11.2. The molecule has 0 aliphatic heterocycles. The Labute approximate surface area is 203 Å². The zero-order valence-corrected chi connectivity index (χ0v) is 19.4. The Hall–Kier alpha value is -4.56. The van der Waals surface area contributed by atoms with Crippen LogP contribution in [0.5, 0.6) is 0 Å². The van der Waals surface area contributed by atoms with Crippen LogP contribution in [-0.2, 0) is 0 Å². The van der Waals surface area contributed by atoms with Crippen molar-refractivity contribution in [2.75, 3.05) is 5.32 Å². The molecule has 0 aliphatic carbocycles. The van der Waals surface area contributed by atoms with E-state index in [0.29, 0.717) is 32.8 Å². The van der Waals surface area contributed by atoms with Crippen LogP contribution in [-0.4, -0.2) is 20.5 Å². The topological polar surface area (TPSA) is 89.5 Å². The highest BCUT2D eigenvalue weighted by atomic mass is 32.1. The monoisotopic (exact) mass is 478 g/mol. The van der Waals surface area contributed by atoms with Gasteiger partial charge in [0.15, 0.2) is 5.43 Å². The number of fused-ring (bicyclic) bond motifs is 2. The third-order valence-electron chi connectivity index (χ3n) is 5.69. The van der Waals surface area contributed by atoms with E-state index in [0.717, 1.165) is 16.8 Å². The summed E-state index contributed by atoms with van der Waals surface area (Å²) in [5.41, 5.74) is 4.50. The summed E-state index contributed by atoms with van der Waals surface area (Å²) in [6.07, 6.45) is 0. The fraction of sp³-hybridized carbons (Fsp3) is 0.0370. The van der Waals surface area contributed by atoms with Crippen molar-refractivity contribution in [2.45, 2.75) is 6.92 Å². The maximum Gasteiger partial charge on any atom is 0.258 e. The average Bonchev–Trinajstić information content (AvgIpc) is 3.45. The number of aryl methyl sites for hydroxylation is 1. The predicted molar refractivity (Wildman–Crippen MR) is 137 cm³/mol. The molecule has 35 heavy (non-hydrogen) atoms. The van der Waals surface area contributed by atoms with Crippen LogP contribution in [0.3, 0.4) is 0 Å². The van der Waals surface area contributed by atoms with E-state index in [9.17, 15) is 9.59 Å². The molecule has 0 fully saturated rings. The first-order chi connectivity index (χ1) is 17.0. The number of hydrogen-bond donors (Lipinski definition) is 1. The van der Waals surface area contributed by atoms with E-state index in [-0.39, 0.29) is 17.3 Å². The van der Waals surface area contributed by atoms with E-state index in [1.165, 1.54) is 17.4 Å². The zero-order valence-electron chi connectivity index (χ0n) is 18.6. The van der Waals surface area contributed by atoms with Crippen molar-refractivity contribution in [1.82, 2.24) is 14.6 Å². The fourth-order valence-corrected chi connectivity index (χ4v) is 4.74. The first-order valence-corrected chi connectivity index (χ1v) is 11.8. The highest BCUT2D eigenvalue weighted by molar-refractivity contribution is 7.15. The zero-order chi connectivity index (χ0) is 23.9. The largest absolute Gasteiger partial charge is 0.456 e. The molecule has 3 aromatic heterocycles. The molecule has 0 bridgehead atoms. The number of nitrogens with one attached hydrogen (secondary N) is 1. The lowest BCUT2D eigenvalue weighted by Crippen LogP contribution is -2.13. The van der Waals surface area contributed by atoms with Crippen molar-refractivity contribution in [2.24, 2.45) is 0 Å². The number of rotatable bonds is 4. The molecule has 1 N–H and O–H groups in total. The summed E-state index contributed by atoms with van der Waals surface area (Å²) in [5.74, 6) is 0.355. The van der Waals surface area contributed by atoms with Crippen LogP contribution in [0.4, 0.5) is 5.95 Å². The predicted octanol–water partition coefficient (Wildman–Crippen LogP) is 5.79. The molecule has 0 radical (unpaired) electrons. The quantitative estimate of drug-likeness (QED) is 0.346. The Morgan fingerprint density at radius 3 is 2.57 bits per heavy atom. The molecule has 0 saturated heterocycles. The standard InChI is InChI=1S/C27H18N4O3S/c1-16-7-12-23-20(13-16)22(32)14-24(34-23)18-8-10-19(11-9-18)25(33)28-26-29-27-31(30-26)21(15-35-27)17-5-3-2-4-6-17/h2-15H,1H3,(H,28,30,33). The Kier molecular flexibility index (Phi) is 5.00. The summed E-state index contributed by atoms with van der Waals surface area (Å²) in [5, 5.41) is 9.76. The number of thiazole rings is 1. The molecule has 6 aromatic rings. The Morgan fingerprint density at radius 2 is 1.77 bits per heavy atom. The molecule has 0 atom stereocenters. The smallest absolute Gasteiger partial charge is 0.258 e. The molecule has 170 valence electrons. The number of carbonyl (C=O) groups excluding carboxylic acids is 1. The summed E-state index contributed by atoms with van der Waals surface area (Å²) in [6.45, 7) is 1.93. The van der Waals surface area contributed by atoms with Crippen LogP contribution >= 0.6 is 11.3 Å². The van der Waals surface area contributed by atoms with Gasteiger partial charge in [-0.1, -0.05) is 54.1 Å². The van der Waals surface area contributed by atoms with Gasteiger partial charge in [0.2, 0.25) is 4.96 Å². The highest BCUT2D eigenvalue weighted by Gasteiger charge is 2.15. The van der Waals surface area contributed by atoms with Crippen LogP contribution in [0.1, 0.15) is 15.9 Å². The summed E-state index contributed by atoms with van der Waals surface area (Å²) in [7, 11) is 0. The van der Waals surface area contributed by atoms with Gasteiger partial charge in [0.05, 0.1) is 11.1 Å². The van der Waals surface area contributed by atoms with Crippen LogP contribution in [0, 0.1) is 6.92 Å².